The molecule has 0 amide bonds. The van der Waals surface area contributed by atoms with Crippen LogP contribution in [0.4, 0.5) is 17.1 Å². The number of aromatic nitrogens is 1. The summed E-state index contributed by atoms with van der Waals surface area (Å²) in [5.41, 5.74) is 3.54. The number of aryl methyl sites for hydroxylation is 1. The van der Waals surface area contributed by atoms with Gasteiger partial charge in [-0.3, -0.25) is 0 Å². The normalized spacial score (nSPS) is 22.9. The summed E-state index contributed by atoms with van der Waals surface area (Å²) >= 11 is 0. The van der Waals surface area contributed by atoms with E-state index in [-0.39, 0.29) is 5.75 Å². The molecule has 3 aromatic rings. The van der Waals surface area contributed by atoms with Gasteiger partial charge < -0.3 is 15.3 Å². The minimum atomic E-state index is -3.59. The molecule has 2 heterocycles. The minimum Gasteiger partial charge on any atom is -0.392 e. The second-order valence-electron chi connectivity index (χ2n) is 10.6. The predicted octanol–water partition coefficient (Wildman–Crippen LogP) is 4.80. The molecule has 4 rings (SSSR count). The first-order valence-corrected chi connectivity index (χ1v) is 14.2. The van der Waals surface area contributed by atoms with E-state index in [1.165, 1.54) is 0 Å². The summed E-state index contributed by atoms with van der Waals surface area (Å²) in [5.74, 6) is -0.542. The second-order valence-corrected chi connectivity index (χ2v) is 12.5. The number of unbranched alkanes of at least 4 members (excludes halogenated alkanes) is 1. The molecular formula is C29H38N3O3S+. The van der Waals surface area contributed by atoms with E-state index in [1.54, 1.807) is 6.07 Å². The van der Waals surface area contributed by atoms with Crippen LogP contribution in [0.15, 0.2) is 71.9 Å². The Kier molecular flexibility index (Phi) is 7.43. The number of hydrogen-bond acceptors (Lipinski definition) is 5. The minimum absolute atomic E-state index is 0.0645. The van der Waals surface area contributed by atoms with Crippen molar-refractivity contribution in [2.45, 2.75) is 50.0 Å². The lowest BCUT2D eigenvalue weighted by Gasteiger charge is -2.37. The van der Waals surface area contributed by atoms with Crippen molar-refractivity contribution in [1.29, 1.82) is 0 Å². The molecular weight excluding hydrogens is 470 g/mol. The van der Waals surface area contributed by atoms with Crippen LogP contribution >= 0.6 is 0 Å². The van der Waals surface area contributed by atoms with Crippen LogP contribution in [0.2, 0.25) is 0 Å². The number of pyridine rings is 1. The van der Waals surface area contributed by atoms with Gasteiger partial charge in [0.15, 0.2) is 22.2 Å². The Hall–Kier alpha value is -2.90. The zero-order valence-electron chi connectivity index (χ0n) is 21.9. The Balaban J connectivity index is 1.87. The van der Waals surface area contributed by atoms with Crippen molar-refractivity contribution in [3.63, 3.8) is 0 Å². The number of sulfone groups is 1. The van der Waals surface area contributed by atoms with Gasteiger partial charge in [-0.15, -0.1) is 0 Å². The van der Waals surface area contributed by atoms with Crippen molar-refractivity contribution in [2.75, 3.05) is 30.1 Å². The van der Waals surface area contributed by atoms with Crippen LogP contribution in [0.25, 0.3) is 0 Å². The molecule has 192 valence electrons. The average molecular weight is 509 g/mol. The second kappa shape index (κ2) is 10.2. The van der Waals surface area contributed by atoms with Gasteiger partial charge in [-0.2, -0.15) is 0 Å². The standard InChI is InChI=1S/C29H37N3O3S/c1-6-7-15-29(2)20-36(34,35)26-12-11-24(31(3)4)19-25(26)27(28(29)33)21-9-8-10-23(18-21)30-22-13-16-32(5)17-14-22/h8-14,16-19,27-28,33H,6-7,15,20H2,1-5H3/p+1/t27-,28-,29?/m1/s1. The third-order valence-corrected chi connectivity index (χ3v) is 9.43. The molecule has 7 heteroatoms. The Morgan fingerprint density at radius 2 is 1.81 bits per heavy atom. The van der Waals surface area contributed by atoms with Gasteiger partial charge in [-0.1, -0.05) is 38.8 Å². The van der Waals surface area contributed by atoms with E-state index in [2.05, 4.69) is 12.2 Å². The highest BCUT2D eigenvalue weighted by atomic mass is 32.2. The predicted molar refractivity (Wildman–Crippen MR) is 146 cm³/mol. The fraction of sp³-hybridized carbons (Fsp3) is 0.414. The van der Waals surface area contributed by atoms with E-state index < -0.39 is 27.3 Å². The number of rotatable bonds is 7. The Morgan fingerprint density at radius 1 is 1.08 bits per heavy atom. The van der Waals surface area contributed by atoms with Gasteiger partial charge in [-0.25, -0.2) is 13.0 Å². The van der Waals surface area contributed by atoms with E-state index in [0.717, 1.165) is 35.5 Å². The summed E-state index contributed by atoms with van der Waals surface area (Å²) < 4.78 is 29.3. The first kappa shape index (κ1) is 26.2. The van der Waals surface area contributed by atoms with Gasteiger partial charge in [0.1, 0.15) is 7.05 Å². The van der Waals surface area contributed by atoms with Crippen LogP contribution in [-0.4, -0.2) is 39.5 Å². The van der Waals surface area contributed by atoms with E-state index >= 15 is 0 Å². The van der Waals surface area contributed by atoms with Gasteiger partial charge in [0.25, 0.3) is 0 Å². The molecule has 36 heavy (non-hydrogen) atoms. The van der Waals surface area contributed by atoms with Crippen LogP contribution in [0.5, 0.6) is 0 Å². The van der Waals surface area contributed by atoms with Gasteiger partial charge >= 0.3 is 0 Å². The van der Waals surface area contributed by atoms with Crippen molar-refractivity contribution in [2.24, 2.45) is 12.5 Å². The Morgan fingerprint density at radius 3 is 2.47 bits per heavy atom. The zero-order chi connectivity index (χ0) is 26.1. The zero-order valence-corrected chi connectivity index (χ0v) is 22.7. The summed E-state index contributed by atoms with van der Waals surface area (Å²) in [4.78, 5) is 2.29. The topological polar surface area (TPSA) is 73.5 Å². The smallest absolute Gasteiger partial charge is 0.179 e. The van der Waals surface area contributed by atoms with Gasteiger partial charge in [0, 0.05) is 48.9 Å². The van der Waals surface area contributed by atoms with Crippen LogP contribution in [0, 0.1) is 5.41 Å². The van der Waals surface area contributed by atoms with E-state index in [0.29, 0.717) is 16.9 Å². The number of fused-ring (bicyclic) bond motifs is 1. The number of aliphatic hydroxyl groups excluding tert-OH is 1. The average Bonchev–Trinajstić information content (AvgIpc) is 2.90. The summed E-state index contributed by atoms with van der Waals surface area (Å²) in [6, 6.07) is 17.5. The van der Waals surface area contributed by atoms with E-state index in [4.69, 9.17) is 0 Å². The SMILES string of the molecule is CCCCC1(C)CS(=O)(=O)c2ccc(N(C)C)cc2[C@@H](c2cccc(Nc3cc[n+](C)cc3)c2)[C@H]1O. The van der Waals surface area contributed by atoms with Crippen molar-refractivity contribution < 1.29 is 18.1 Å². The summed E-state index contributed by atoms with van der Waals surface area (Å²) in [7, 11) is 2.26. The molecule has 2 aromatic carbocycles. The summed E-state index contributed by atoms with van der Waals surface area (Å²) in [5, 5.41) is 15.4. The number of benzene rings is 2. The lowest BCUT2D eigenvalue weighted by molar-refractivity contribution is -0.671. The Labute approximate surface area is 215 Å². The van der Waals surface area contributed by atoms with Gasteiger partial charge in [0.2, 0.25) is 0 Å². The van der Waals surface area contributed by atoms with Crippen molar-refractivity contribution >= 4 is 26.9 Å². The number of nitrogens with one attached hydrogen (secondary N) is 1. The van der Waals surface area contributed by atoms with Crippen molar-refractivity contribution in [3.05, 3.63) is 78.1 Å². The molecule has 0 radical (unpaired) electrons. The third-order valence-electron chi connectivity index (χ3n) is 7.34. The Bertz CT molecular complexity index is 1320. The van der Waals surface area contributed by atoms with Gasteiger partial charge in [0.05, 0.1) is 22.4 Å². The molecule has 0 bridgehead atoms. The molecule has 1 aliphatic heterocycles. The van der Waals surface area contributed by atoms with E-state index in [9.17, 15) is 13.5 Å². The molecule has 0 spiro atoms. The first-order chi connectivity index (χ1) is 17.0. The third kappa shape index (κ3) is 5.27. The highest BCUT2D eigenvalue weighted by Crippen LogP contribution is 2.48. The summed E-state index contributed by atoms with van der Waals surface area (Å²) in [6.45, 7) is 4.03. The highest BCUT2D eigenvalue weighted by Gasteiger charge is 2.47. The molecule has 6 nitrogen and oxygen atoms in total. The molecule has 1 unspecified atom stereocenters. The van der Waals surface area contributed by atoms with Crippen LogP contribution in [0.3, 0.4) is 0 Å². The van der Waals surface area contributed by atoms with E-state index in [1.807, 2.05) is 98.5 Å². The maximum Gasteiger partial charge on any atom is 0.179 e. The monoisotopic (exact) mass is 508 g/mol. The fourth-order valence-corrected chi connectivity index (χ4v) is 7.39. The molecule has 0 saturated heterocycles. The summed E-state index contributed by atoms with van der Waals surface area (Å²) in [6.07, 6.45) is 5.55. The van der Waals surface area contributed by atoms with Crippen LogP contribution in [-0.2, 0) is 16.9 Å². The lowest BCUT2D eigenvalue weighted by atomic mass is 9.71. The molecule has 3 atom stereocenters. The molecule has 1 aromatic heterocycles. The molecule has 0 fully saturated rings. The lowest BCUT2D eigenvalue weighted by Crippen LogP contribution is -2.40. The maximum absolute atomic E-state index is 13.7. The first-order valence-electron chi connectivity index (χ1n) is 12.6. The van der Waals surface area contributed by atoms with Gasteiger partial charge in [-0.05, 0) is 47.9 Å². The number of anilines is 3. The van der Waals surface area contributed by atoms with Crippen LogP contribution < -0.4 is 14.8 Å². The quantitative estimate of drug-likeness (QED) is 0.449. The fourth-order valence-electron chi connectivity index (χ4n) is 5.23. The maximum atomic E-state index is 13.7. The molecule has 0 saturated carbocycles. The van der Waals surface area contributed by atoms with Crippen molar-refractivity contribution in [3.8, 4) is 0 Å². The van der Waals surface area contributed by atoms with Crippen molar-refractivity contribution in [1.82, 2.24) is 0 Å². The highest BCUT2D eigenvalue weighted by molar-refractivity contribution is 7.91. The largest absolute Gasteiger partial charge is 0.392 e. The number of nitrogens with zero attached hydrogens (tertiary/aromatic N) is 2. The van der Waals surface area contributed by atoms with Crippen LogP contribution in [0.1, 0.15) is 50.2 Å². The number of hydrogen-bond donors (Lipinski definition) is 2. The molecule has 0 aliphatic carbocycles. The molecule has 1 aliphatic rings. The number of aliphatic hydroxyl groups is 1. The molecule has 2 N–H and O–H groups in total.